The second kappa shape index (κ2) is 9.27. The molecule has 0 saturated heterocycles. The number of fused-ring (bicyclic) bond motifs is 1. The summed E-state index contributed by atoms with van der Waals surface area (Å²) in [5, 5.41) is 10.8. The third-order valence-electron chi connectivity index (χ3n) is 5.85. The average Bonchev–Trinajstić information content (AvgIpc) is 3.25. The van der Waals surface area contributed by atoms with Gasteiger partial charge in [0.15, 0.2) is 5.65 Å². The largest absolute Gasteiger partial charge is 0.395 e. The van der Waals surface area contributed by atoms with Gasteiger partial charge in [-0.05, 0) is 30.2 Å². The minimum atomic E-state index is 0.0394. The van der Waals surface area contributed by atoms with Gasteiger partial charge in [0.1, 0.15) is 12.1 Å². The van der Waals surface area contributed by atoms with Crippen LogP contribution in [0, 0.1) is 6.92 Å². The Hall–Kier alpha value is -3.96. The molecule has 0 unspecified atom stereocenters. The second-order valence-corrected chi connectivity index (χ2v) is 8.14. The summed E-state index contributed by atoms with van der Waals surface area (Å²) >= 11 is 0. The third-order valence-corrected chi connectivity index (χ3v) is 5.85. The lowest BCUT2D eigenvalue weighted by atomic mass is 10.1. The van der Waals surface area contributed by atoms with Crippen molar-refractivity contribution in [3.05, 3.63) is 109 Å². The summed E-state index contributed by atoms with van der Waals surface area (Å²) in [6.07, 6.45) is 3.76. The molecule has 5 aromatic rings. The van der Waals surface area contributed by atoms with E-state index in [9.17, 15) is 5.11 Å². The van der Waals surface area contributed by atoms with Crippen LogP contribution in [0.1, 0.15) is 11.1 Å². The van der Waals surface area contributed by atoms with Crippen molar-refractivity contribution in [1.29, 1.82) is 0 Å². The predicted octanol–water partition coefficient (Wildman–Crippen LogP) is 5.39. The van der Waals surface area contributed by atoms with Gasteiger partial charge in [-0.3, -0.25) is 0 Å². The molecule has 3 aromatic carbocycles. The third kappa shape index (κ3) is 4.23. The van der Waals surface area contributed by atoms with E-state index in [-0.39, 0.29) is 6.61 Å². The Balaban J connectivity index is 1.73. The molecular formula is C28H26N4O. The fourth-order valence-corrected chi connectivity index (χ4v) is 4.21. The van der Waals surface area contributed by atoms with Crippen LogP contribution in [-0.2, 0) is 6.54 Å². The molecule has 1 N–H and O–H groups in total. The normalized spacial score (nSPS) is 11.1. The smallest absolute Gasteiger partial charge is 0.150 e. The number of nitrogens with zero attached hydrogens (tertiary/aromatic N) is 4. The lowest BCUT2D eigenvalue weighted by molar-refractivity contribution is 0.301. The fourth-order valence-electron chi connectivity index (χ4n) is 4.21. The molecule has 0 fully saturated rings. The van der Waals surface area contributed by atoms with Crippen LogP contribution in [0.3, 0.4) is 0 Å². The molecular weight excluding hydrogens is 408 g/mol. The van der Waals surface area contributed by atoms with E-state index in [0.717, 1.165) is 39.2 Å². The van der Waals surface area contributed by atoms with E-state index in [0.29, 0.717) is 13.1 Å². The highest BCUT2D eigenvalue weighted by Gasteiger charge is 2.21. The molecule has 0 bridgehead atoms. The first-order valence-corrected chi connectivity index (χ1v) is 11.1. The van der Waals surface area contributed by atoms with Gasteiger partial charge in [0.2, 0.25) is 0 Å². The van der Waals surface area contributed by atoms with Crippen molar-refractivity contribution < 1.29 is 5.11 Å². The monoisotopic (exact) mass is 434 g/mol. The number of aliphatic hydroxyl groups is 1. The molecule has 0 amide bonds. The number of aliphatic hydroxyl groups excluding tert-OH is 1. The second-order valence-electron chi connectivity index (χ2n) is 8.14. The van der Waals surface area contributed by atoms with Gasteiger partial charge in [0, 0.05) is 30.5 Å². The average molecular weight is 435 g/mol. The Kier molecular flexibility index (Phi) is 5.87. The standard InChI is InChI=1S/C28H26N4O/c1-21-12-14-24(15-13-21)32-19-25(23-10-6-3-7-11-23)26-27(29-20-30-28(26)32)31(16-17-33)18-22-8-4-2-5-9-22/h2-15,19-20,33H,16-18H2,1H3. The van der Waals surface area contributed by atoms with Crippen molar-refractivity contribution in [1.82, 2.24) is 14.5 Å². The molecule has 5 heteroatoms. The van der Waals surface area contributed by atoms with Gasteiger partial charge < -0.3 is 14.6 Å². The van der Waals surface area contributed by atoms with Gasteiger partial charge >= 0.3 is 0 Å². The summed E-state index contributed by atoms with van der Waals surface area (Å²) in [6, 6.07) is 29.0. The van der Waals surface area contributed by atoms with Crippen molar-refractivity contribution in [3.63, 3.8) is 0 Å². The Morgan fingerprint density at radius 1 is 0.848 bits per heavy atom. The zero-order chi connectivity index (χ0) is 22.6. The van der Waals surface area contributed by atoms with Crippen molar-refractivity contribution in [2.45, 2.75) is 13.5 Å². The topological polar surface area (TPSA) is 54.2 Å². The summed E-state index contributed by atoms with van der Waals surface area (Å²) in [5.74, 6) is 0.822. The summed E-state index contributed by atoms with van der Waals surface area (Å²) in [7, 11) is 0. The molecule has 0 spiro atoms. The Bertz CT molecular complexity index is 1350. The molecule has 164 valence electrons. The van der Waals surface area contributed by atoms with E-state index in [1.807, 2.05) is 36.4 Å². The first-order valence-electron chi connectivity index (χ1n) is 11.1. The van der Waals surface area contributed by atoms with Gasteiger partial charge in [0.25, 0.3) is 0 Å². The van der Waals surface area contributed by atoms with E-state index in [2.05, 4.69) is 71.1 Å². The number of aryl methyl sites for hydroxylation is 1. The summed E-state index contributed by atoms with van der Waals surface area (Å²) in [5.41, 5.74) is 6.45. The molecule has 0 radical (unpaired) electrons. The van der Waals surface area contributed by atoms with Crippen molar-refractivity contribution >= 4 is 16.9 Å². The SMILES string of the molecule is Cc1ccc(-n2cc(-c3ccccc3)c3c(N(CCO)Cc4ccccc4)ncnc32)cc1. The first kappa shape index (κ1) is 20.9. The van der Waals surface area contributed by atoms with Gasteiger partial charge in [-0.25, -0.2) is 9.97 Å². The lowest BCUT2D eigenvalue weighted by Gasteiger charge is -2.24. The van der Waals surface area contributed by atoms with E-state index in [1.54, 1.807) is 6.33 Å². The molecule has 0 atom stereocenters. The molecule has 2 aromatic heterocycles. The van der Waals surface area contributed by atoms with Crippen LogP contribution in [0.2, 0.25) is 0 Å². The van der Waals surface area contributed by atoms with Crippen LogP contribution in [0.4, 0.5) is 5.82 Å². The summed E-state index contributed by atoms with van der Waals surface area (Å²) in [4.78, 5) is 11.5. The number of rotatable bonds is 7. The van der Waals surface area contributed by atoms with Gasteiger partial charge in [0.05, 0.1) is 12.0 Å². The molecule has 5 rings (SSSR count). The van der Waals surface area contributed by atoms with Crippen LogP contribution < -0.4 is 4.90 Å². The maximum absolute atomic E-state index is 9.85. The molecule has 0 aliphatic carbocycles. The number of hydrogen-bond donors (Lipinski definition) is 1. The number of hydrogen-bond acceptors (Lipinski definition) is 4. The highest BCUT2D eigenvalue weighted by Crippen LogP contribution is 2.37. The van der Waals surface area contributed by atoms with Crippen molar-refractivity contribution in [3.8, 4) is 16.8 Å². The Morgan fingerprint density at radius 3 is 2.24 bits per heavy atom. The van der Waals surface area contributed by atoms with Crippen molar-refractivity contribution in [2.24, 2.45) is 0 Å². The molecule has 33 heavy (non-hydrogen) atoms. The zero-order valence-corrected chi connectivity index (χ0v) is 18.6. The van der Waals surface area contributed by atoms with Gasteiger partial charge in [-0.2, -0.15) is 0 Å². The fraction of sp³-hybridized carbons (Fsp3) is 0.143. The quantitative estimate of drug-likeness (QED) is 0.373. The lowest BCUT2D eigenvalue weighted by Crippen LogP contribution is -2.27. The Labute approximate surface area is 193 Å². The predicted molar refractivity (Wildman–Crippen MR) is 134 cm³/mol. The maximum Gasteiger partial charge on any atom is 0.150 e. The van der Waals surface area contributed by atoms with Gasteiger partial charge in [-0.15, -0.1) is 0 Å². The number of aromatic nitrogens is 3. The number of anilines is 1. The molecule has 2 heterocycles. The van der Waals surface area contributed by atoms with Crippen LogP contribution in [0.25, 0.3) is 27.8 Å². The Morgan fingerprint density at radius 2 is 1.55 bits per heavy atom. The summed E-state index contributed by atoms with van der Waals surface area (Å²) < 4.78 is 2.13. The number of benzene rings is 3. The molecule has 5 nitrogen and oxygen atoms in total. The minimum absolute atomic E-state index is 0.0394. The highest BCUT2D eigenvalue weighted by atomic mass is 16.3. The van der Waals surface area contributed by atoms with E-state index < -0.39 is 0 Å². The zero-order valence-electron chi connectivity index (χ0n) is 18.6. The minimum Gasteiger partial charge on any atom is -0.395 e. The van der Waals surface area contributed by atoms with E-state index >= 15 is 0 Å². The molecule has 0 aliphatic heterocycles. The van der Waals surface area contributed by atoms with E-state index in [4.69, 9.17) is 9.97 Å². The maximum atomic E-state index is 9.85. The van der Waals surface area contributed by atoms with E-state index in [1.165, 1.54) is 5.56 Å². The van der Waals surface area contributed by atoms with Crippen LogP contribution in [-0.4, -0.2) is 32.8 Å². The van der Waals surface area contributed by atoms with Crippen molar-refractivity contribution in [2.75, 3.05) is 18.1 Å². The van der Waals surface area contributed by atoms with Crippen LogP contribution in [0.5, 0.6) is 0 Å². The summed E-state index contributed by atoms with van der Waals surface area (Å²) in [6.45, 7) is 3.25. The molecule has 0 saturated carbocycles. The van der Waals surface area contributed by atoms with Gasteiger partial charge in [-0.1, -0.05) is 78.4 Å². The highest BCUT2D eigenvalue weighted by molar-refractivity contribution is 6.02. The van der Waals surface area contributed by atoms with Crippen LogP contribution in [0.15, 0.2) is 97.5 Å². The van der Waals surface area contributed by atoms with Crippen LogP contribution >= 0.6 is 0 Å². The first-order chi connectivity index (χ1) is 16.2. The molecule has 0 aliphatic rings.